The Kier molecular flexibility index (Phi) is 8.03. The molecule has 20 heavy (non-hydrogen) atoms. The highest BCUT2D eigenvalue weighted by Gasteiger charge is 2.23. The predicted octanol–water partition coefficient (Wildman–Crippen LogP) is 0.213. The van der Waals surface area contributed by atoms with Crippen molar-refractivity contribution in [2.45, 2.75) is 26.4 Å². The zero-order valence-electron chi connectivity index (χ0n) is 11.6. The molecule has 9 heteroatoms. The summed E-state index contributed by atoms with van der Waals surface area (Å²) in [5.41, 5.74) is 5.59. The summed E-state index contributed by atoms with van der Waals surface area (Å²) in [4.78, 5) is 19.9. The summed E-state index contributed by atoms with van der Waals surface area (Å²) in [6.07, 6.45) is 0. The standard InChI is InChI=1S/C11H19N5O2.2ClH/c1-8(12)11(17)16-5-3-15(4-6-16)7-10-13-9(2)18-14-10;;/h8H,3-7,12H2,1-2H3;2*1H/t8-;;/m1../s1. The second-order valence-corrected chi connectivity index (χ2v) is 4.62. The first-order valence-corrected chi connectivity index (χ1v) is 6.12. The normalized spacial score (nSPS) is 17.1. The zero-order valence-corrected chi connectivity index (χ0v) is 13.2. The van der Waals surface area contributed by atoms with Gasteiger partial charge < -0.3 is 15.2 Å². The van der Waals surface area contributed by atoms with E-state index in [0.717, 1.165) is 13.1 Å². The van der Waals surface area contributed by atoms with Crippen molar-refractivity contribution in [3.05, 3.63) is 11.7 Å². The number of piperazine rings is 1. The van der Waals surface area contributed by atoms with Crippen LogP contribution in [0.3, 0.4) is 0 Å². The van der Waals surface area contributed by atoms with Crippen LogP contribution in [0.1, 0.15) is 18.6 Å². The molecule has 0 spiro atoms. The SMILES string of the molecule is Cc1nc(CN2CCN(C(=O)[C@@H](C)N)CC2)no1.Cl.Cl. The van der Waals surface area contributed by atoms with Crippen LogP contribution < -0.4 is 5.73 Å². The van der Waals surface area contributed by atoms with E-state index >= 15 is 0 Å². The summed E-state index contributed by atoms with van der Waals surface area (Å²) in [6, 6.07) is -0.420. The van der Waals surface area contributed by atoms with Crippen molar-refractivity contribution in [1.29, 1.82) is 0 Å². The third-order valence-electron chi connectivity index (χ3n) is 3.01. The van der Waals surface area contributed by atoms with Crippen LogP contribution in [0.4, 0.5) is 0 Å². The number of nitrogens with two attached hydrogens (primary N) is 1. The molecule has 0 bridgehead atoms. The van der Waals surface area contributed by atoms with Gasteiger partial charge in [-0.1, -0.05) is 5.16 Å². The molecular weight excluding hydrogens is 305 g/mol. The predicted molar refractivity (Wildman–Crippen MR) is 79.0 cm³/mol. The summed E-state index contributed by atoms with van der Waals surface area (Å²) in [6.45, 7) is 7.19. The molecule has 2 rings (SSSR count). The molecule has 0 saturated carbocycles. The molecule has 1 aromatic rings. The van der Waals surface area contributed by atoms with Crippen molar-refractivity contribution in [2.24, 2.45) is 5.73 Å². The van der Waals surface area contributed by atoms with E-state index < -0.39 is 6.04 Å². The maximum absolute atomic E-state index is 11.7. The van der Waals surface area contributed by atoms with E-state index in [4.69, 9.17) is 10.3 Å². The van der Waals surface area contributed by atoms with Gasteiger partial charge in [-0.25, -0.2) is 0 Å². The number of halogens is 2. The van der Waals surface area contributed by atoms with Gasteiger partial charge >= 0.3 is 0 Å². The van der Waals surface area contributed by atoms with Gasteiger partial charge in [-0.05, 0) is 6.92 Å². The van der Waals surface area contributed by atoms with Crippen molar-refractivity contribution >= 4 is 30.7 Å². The number of aromatic nitrogens is 2. The van der Waals surface area contributed by atoms with Crippen LogP contribution in [0.25, 0.3) is 0 Å². The van der Waals surface area contributed by atoms with Crippen LogP contribution in [-0.4, -0.2) is 58.1 Å². The lowest BCUT2D eigenvalue weighted by Crippen LogP contribution is -2.52. The molecule has 1 saturated heterocycles. The summed E-state index contributed by atoms with van der Waals surface area (Å²) < 4.78 is 4.93. The smallest absolute Gasteiger partial charge is 0.239 e. The molecule has 1 aliphatic heterocycles. The van der Waals surface area contributed by atoms with E-state index in [9.17, 15) is 4.79 Å². The molecule has 1 aliphatic rings. The van der Waals surface area contributed by atoms with E-state index in [0.29, 0.717) is 31.3 Å². The quantitative estimate of drug-likeness (QED) is 0.854. The van der Waals surface area contributed by atoms with E-state index in [1.807, 2.05) is 4.90 Å². The van der Waals surface area contributed by atoms with Gasteiger partial charge in [0, 0.05) is 33.1 Å². The molecule has 116 valence electrons. The van der Waals surface area contributed by atoms with E-state index in [-0.39, 0.29) is 30.7 Å². The fourth-order valence-electron chi connectivity index (χ4n) is 2.02. The Bertz CT molecular complexity index is 419. The van der Waals surface area contributed by atoms with E-state index in [2.05, 4.69) is 15.0 Å². The van der Waals surface area contributed by atoms with Gasteiger partial charge in [0.05, 0.1) is 12.6 Å². The first-order valence-electron chi connectivity index (χ1n) is 6.12. The number of nitrogens with zero attached hydrogens (tertiary/aromatic N) is 4. The summed E-state index contributed by atoms with van der Waals surface area (Å²) >= 11 is 0. The van der Waals surface area contributed by atoms with Gasteiger partial charge in [-0.3, -0.25) is 9.69 Å². The molecule has 2 N–H and O–H groups in total. The fraction of sp³-hybridized carbons (Fsp3) is 0.727. The second kappa shape index (κ2) is 8.41. The minimum absolute atomic E-state index is 0. The average Bonchev–Trinajstić information content (AvgIpc) is 2.75. The molecule has 0 radical (unpaired) electrons. The van der Waals surface area contributed by atoms with Crippen molar-refractivity contribution in [3.8, 4) is 0 Å². The molecule has 1 amide bonds. The molecule has 0 aliphatic carbocycles. The van der Waals surface area contributed by atoms with Crippen LogP contribution in [0.15, 0.2) is 4.52 Å². The number of hydrogen-bond acceptors (Lipinski definition) is 6. The Hall–Kier alpha value is -0.890. The van der Waals surface area contributed by atoms with Crippen LogP contribution >= 0.6 is 24.8 Å². The Morgan fingerprint density at radius 1 is 1.35 bits per heavy atom. The van der Waals surface area contributed by atoms with Crippen molar-refractivity contribution in [2.75, 3.05) is 26.2 Å². The molecule has 7 nitrogen and oxygen atoms in total. The average molecular weight is 326 g/mol. The lowest BCUT2D eigenvalue weighted by Gasteiger charge is -2.34. The van der Waals surface area contributed by atoms with Crippen LogP contribution in [-0.2, 0) is 11.3 Å². The highest BCUT2D eigenvalue weighted by Crippen LogP contribution is 2.07. The largest absolute Gasteiger partial charge is 0.340 e. The maximum atomic E-state index is 11.7. The Balaban J connectivity index is 0.00000180. The van der Waals surface area contributed by atoms with Crippen molar-refractivity contribution in [1.82, 2.24) is 19.9 Å². The summed E-state index contributed by atoms with van der Waals surface area (Å²) in [7, 11) is 0. The molecule has 0 unspecified atom stereocenters. The molecule has 2 heterocycles. The topological polar surface area (TPSA) is 88.5 Å². The molecule has 1 aromatic heterocycles. The Morgan fingerprint density at radius 3 is 2.40 bits per heavy atom. The van der Waals surface area contributed by atoms with Gasteiger partial charge in [0.25, 0.3) is 0 Å². The van der Waals surface area contributed by atoms with Crippen LogP contribution in [0, 0.1) is 6.92 Å². The van der Waals surface area contributed by atoms with Gasteiger partial charge in [-0.15, -0.1) is 24.8 Å². The number of rotatable bonds is 3. The number of aryl methyl sites for hydroxylation is 1. The third kappa shape index (κ3) is 4.90. The van der Waals surface area contributed by atoms with Crippen molar-refractivity contribution in [3.63, 3.8) is 0 Å². The zero-order chi connectivity index (χ0) is 13.1. The number of carbonyl (C=O) groups is 1. The highest BCUT2D eigenvalue weighted by atomic mass is 35.5. The highest BCUT2D eigenvalue weighted by molar-refractivity contribution is 5.85. The van der Waals surface area contributed by atoms with Crippen molar-refractivity contribution < 1.29 is 9.32 Å². The number of carbonyl (C=O) groups excluding carboxylic acids is 1. The third-order valence-corrected chi connectivity index (χ3v) is 3.01. The van der Waals surface area contributed by atoms with Gasteiger partial charge in [0.2, 0.25) is 11.8 Å². The second-order valence-electron chi connectivity index (χ2n) is 4.62. The summed E-state index contributed by atoms with van der Waals surface area (Å²) in [5.74, 6) is 1.29. The number of amides is 1. The molecular formula is C11H21Cl2N5O2. The fourth-order valence-corrected chi connectivity index (χ4v) is 2.02. The van der Waals surface area contributed by atoms with E-state index in [1.54, 1.807) is 13.8 Å². The van der Waals surface area contributed by atoms with E-state index in [1.165, 1.54) is 0 Å². The van der Waals surface area contributed by atoms with Gasteiger partial charge in [0.15, 0.2) is 5.82 Å². The minimum atomic E-state index is -0.420. The minimum Gasteiger partial charge on any atom is -0.340 e. The lowest BCUT2D eigenvalue weighted by atomic mass is 10.2. The molecule has 1 atom stereocenters. The molecule has 1 fully saturated rings. The van der Waals surface area contributed by atoms with Gasteiger partial charge in [0.1, 0.15) is 0 Å². The first kappa shape index (κ1) is 19.1. The lowest BCUT2D eigenvalue weighted by molar-refractivity contribution is -0.134. The monoisotopic (exact) mass is 325 g/mol. The number of hydrogen-bond donors (Lipinski definition) is 1. The molecule has 0 aromatic carbocycles. The van der Waals surface area contributed by atoms with Gasteiger partial charge in [-0.2, -0.15) is 4.98 Å². The Morgan fingerprint density at radius 2 is 1.95 bits per heavy atom. The van der Waals surface area contributed by atoms with Crippen LogP contribution in [0.2, 0.25) is 0 Å². The summed E-state index contributed by atoms with van der Waals surface area (Å²) in [5, 5.41) is 3.86. The maximum Gasteiger partial charge on any atom is 0.239 e. The Labute approximate surface area is 130 Å². The van der Waals surface area contributed by atoms with Crippen LogP contribution in [0.5, 0.6) is 0 Å². The first-order chi connectivity index (χ1) is 8.56.